The fourth-order valence-corrected chi connectivity index (χ4v) is 1.87. The van der Waals surface area contributed by atoms with Crippen LogP contribution >= 0.6 is 0 Å². The van der Waals surface area contributed by atoms with Crippen molar-refractivity contribution in [1.82, 2.24) is 4.57 Å². The molecule has 2 nitrogen and oxygen atoms in total. The van der Waals surface area contributed by atoms with Crippen LogP contribution in [0.15, 0.2) is 12.1 Å². The number of hydrogen-bond acceptors (Lipinski definition) is 1. The topological polar surface area (TPSA) is 28.7 Å². The van der Waals surface area contributed by atoms with Gasteiger partial charge in [0, 0.05) is 11.7 Å². The molecule has 0 N–H and O–H groups in total. The number of hydrogen-bond donors (Lipinski definition) is 0. The Balaban J connectivity index is 3.07. The van der Waals surface area contributed by atoms with E-state index in [4.69, 9.17) is 5.26 Å². The molecule has 0 radical (unpaired) electrons. The second kappa shape index (κ2) is 5.02. The largest absolute Gasteiger partial charge is 0.334 e. The van der Waals surface area contributed by atoms with Crippen LogP contribution in [0.5, 0.6) is 0 Å². The van der Waals surface area contributed by atoms with Gasteiger partial charge in [0.25, 0.3) is 0 Å². The molecule has 0 saturated heterocycles. The Morgan fingerprint density at radius 1 is 1.33 bits per heavy atom. The Morgan fingerprint density at radius 3 is 2.47 bits per heavy atom. The van der Waals surface area contributed by atoms with E-state index in [-0.39, 0.29) is 0 Å². The molecule has 0 aliphatic heterocycles. The van der Waals surface area contributed by atoms with Gasteiger partial charge in [0.2, 0.25) is 0 Å². The molecule has 1 atom stereocenters. The molecule has 2 heteroatoms. The average Bonchev–Trinajstić information content (AvgIpc) is 2.58. The van der Waals surface area contributed by atoms with E-state index in [1.54, 1.807) is 0 Å². The predicted molar refractivity (Wildman–Crippen MR) is 62.7 cm³/mol. The van der Waals surface area contributed by atoms with Crippen molar-refractivity contribution in [2.24, 2.45) is 5.92 Å². The molecule has 0 unspecified atom stereocenters. The lowest BCUT2D eigenvalue weighted by atomic mass is 10.1. The molecule has 0 spiro atoms. The fraction of sp³-hybridized carbons (Fsp3) is 0.615. The standard InChI is InChI=1S/C13H20N2/c1-5-11(4)15-12(8-10(2)3)6-7-13(15)9-14/h6-7,10-11H,5,8H2,1-4H3/t11-/m0/s1. The van der Waals surface area contributed by atoms with Crippen molar-refractivity contribution in [2.75, 3.05) is 0 Å². The van der Waals surface area contributed by atoms with Crippen molar-refractivity contribution in [3.63, 3.8) is 0 Å². The van der Waals surface area contributed by atoms with Crippen LogP contribution in [0.25, 0.3) is 0 Å². The molecule has 0 fully saturated rings. The summed E-state index contributed by atoms with van der Waals surface area (Å²) in [5.41, 5.74) is 2.08. The lowest BCUT2D eigenvalue weighted by molar-refractivity contribution is 0.492. The zero-order valence-electron chi connectivity index (χ0n) is 10.1. The van der Waals surface area contributed by atoms with Crippen molar-refractivity contribution in [1.29, 1.82) is 5.26 Å². The Morgan fingerprint density at radius 2 is 2.00 bits per heavy atom. The van der Waals surface area contributed by atoms with E-state index in [1.807, 2.05) is 6.07 Å². The fourth-order valence-electron chi connectivity index (χ4n) is 1.87. The normalized spacial score (nSPS) is 12.8. The lowest BCUT2D eigenvalue weighted by Crippen LogP contribution is -2.11. The molecule has 1 aromatic heterocycles. The van der Waals surface area contributed by atoms with Crippen molar-refractivity contribution in [2.45, 2.75) is 46.6 Å². The lowest BCUT2D eigenvalue weighted by Gasteiger charge is -2.18. The quantitative estimate of drug-likeness (QED) is 0.737. The van der Waals surface area contributed by atoms with Crippen LogP contribution in [0.2, 0.25) is 0 Å². The van der Waals surface area contributed by atoms with Crippen LogP contribution in [0.3, 0.4) is 0 Å². The maximum Gasteiger partial charge on any atom is 0.120 e. The summed E-state index contributed by atoms with van der Waals surface area (Å²) in [5.74, 6) is 0.634. The third-order valence-electron chi connectivity index (χ3n) is 2.77. The van der Waals surface area contributed by atoms with Gasteiger partial charge in [-0.3, -0.25) is 0 Å². The number of nitrogens with zero attached hydrogens (tertiary/aromatic N) is 2. The summed E-state index contributed by atoms with van der Waals surface area (Å²) in [5, 5.41) is 9.04. The van der Waals surface area contributed by atoms with Crippen molar-refractivity contribution >= 4 is 0 Å². The van der Waals surface area contributed by atoms with Gasteiger partial charge in [-0.1, -0.05) is 20.8 Å². The zero-order chi connectivity index (χ0) is 11.4. The van der Waals surface area contributed by atoms with E-state index < -0.39 is 0 Å². The van der Waals surface area contributed by atoms with E-state index in [9.17, 15) is 0 Å². The molecule has 0 amide bonds. The van der Waals surface area contributed by atoms with E-state index in [0.717, 1.165) is 18.5 Å². The summed E-state index contributed by atoms with van der Waals surface area (Å²) in [6, 6.07) is 6.71. The first-order valence-electron chi connectivity index (χ1n) is 5.70. The van der Waals surface area contributed by atoms with Crippen LogP contribution < -0.4 is 0 Å². The number of rotatable bonds is 4. The third-order valence-corrected chi connectivity index (χ3v) is 2.77. The first kappa shape index (κ1) is 11.8. The number of aromatic nitrogens is 1. The minimum atomic E-state index is 0.420. The first-order chi connectivity index (χ1) is 7.10. The van der Waals surface area contributed by atoms with Crippen LogP contribution in [-0.4, -0.2) is 4.57 Å². The Hall–Kier alpha value is -1.23. The van der Waals surface area contributed by atoms with Gasteiger partial charge in [-0.25, -0.2) is 0 Å². The Labute approximate surface area is 92.5 Å². The maximum absolute atomic E-state index is 9.04. The van der Waals surface area contributed by atoms with Gasteiger partial charge in [-0.05, 0) is 37.8 Å². The zero-order valence-corrected chi connectivity index (χ0v) is 10.1. The van der Waals surface area contributed by atoms with Crippen LogP contribution in [0, 0.1) is 17.2 Å². The van der Waals surface area contributed by atoms with Crippen LogP contribution in [0.1, 0.15) is 51.5 Å². The molecule has 0 aromatic carbocycles. The van der Waals surface area contributed by atoms with E-state index in [1.165, 1.54) is 5.69 Å². The Bertz CT molecular complexity index is 355. The minimum Gasteiger partial charge on any atom is -0.334 e. The van der Waals surface area contributed by atoms with Gasteiger partial charge in [-0.15, -0.1) is 0 Å². The van der Waals surface area contributed by atoms with Crippen molar-refractivity contribution in [3.05, 3.63) is 23.5 Å². The molecular formula is C13H20N2. The molecule has 0 bridgehead atoms. The molecule has 0 saturated carbocycles. The summed E-state index contributed by atoms with van der Waals surface area (Å²) >= 11 is 0. The summed E-state index contributed by atoms with van der Waals surface area (Å²) in [4.78, 5) is 0. The molecular weight excluding hydrogens is 184 g/mol. The van der Waals surface area contributed by atoms with Gasteiger partial charge >= 0.3 is 0 Å². The molecule has 82 valence electrons. The predicted octanol–water partition coefficient (Wildman–Crippen LogP) is 3.53. The van der Waals surface area contributed by atoms with Crippen LogP contribution in [0.4, 0.5) is 0 Å². The summed E-state index contributed by atoms with van der Waals surface area (Å²) in [7, 11) is 0. The molecule has 15 heavy (non-hydrogen) atoms. The van der Waals surface area contributed by atoms with Gasteiger partial charge in [0.05, 0.1) is 0 Å². The third kappa shape index (κ3) is 2.62. The highest BCUT2D eigenvalue weighted by molar-refractivity contribution is 5.28. The van der Waals surface area contributed by atoms with Gasteiger partial charge in [0.1, 0.15) is 11.8 Å². The molecule has 1 rings (SSSR count). The van der Waals surface area contributed by atoms with Crippen molar-refractivity contribution < 1.29 is 0 Å². The maximum atomic E-state index is 9.04. The average molecular weight is 204 g/mol. The Kier molecular flexibility index (Phi) is 3.96. The van der Waals surface area contributed by atoms with E-state index >= 15 is 0 Å². The molecule has 0 aliphatic rings. The van der Waals surface area contributed by atoms with Crippen molar-refractivity contribution in [3.8, 4) is 6.07 Å². The monoisotopic (exact) mass is 204 g/mol. The summed E-state index contributed by atoms with van der Waals surface area (Å²) in [6.07, 6.45) is 2.11. The minimum absolute atomic E-state index is 0.420. The summed E-state index contributed by atoms with van der Waals surface area (Å²) < 4.78 is 2.18. The van der Waals surface area contributed by atoms with Gasteiger partial charge in [-0.2, -0.15) is 5.26 Å². The molecule has 0 aliphatic carbocycles. The highest BCUT2D eigenvalue weighted by Crippen LogP contribution is 2.20. The van der Waals surface area contributed by atoms with Gasteiger partial charge in [0.15, 0.2) is 0 Å². The molecule has 1 aromatic rings. The SMILES string of the molecule is CC[C@H](C)n1c(C#N)ccc1CC(C)C. The second-order valence-electron chi connectivity index (χ2n) is 4.55. The van der Waals surface area contributed by atoms with E-state index in [0.29, 0.717) is 12.0 Å². The highest BCUT2D eigenvalue weighted by Gasteiger charge is 2.13. The smallest absolute Gasteiger partial charge is 0.120 e. The molecule has 1 heterocycles. The number of nitriles is 1. The highest BCUT2D eigenvalue weighted by atomic mass is 15.0. The second-order valence-corrected chi connectivity index (χ2v) is 4.55. The summed E-state index contributed by atoms with van der Waals surface area (Å²) in [6.45, 7) is 8.75. The van der Waals surface area contributed by atoms with Gasteiger partial charge < -0.3 is 4.57 Å². The van der Waals surface area contributed by atoms with Crippen LogP contribution in [-0.2, 0) is 6.42 Å². The van der Waals surface area contributed by atoms with E-state index in [2.05, 4.69) is 44.4 Å². The first-order valence-corrected chi connectivity index (χ1v) is 5.70.